The van der Waals surface area contributed by atoms with E-state index in [1.165, 1.54) is 25.0 Å². The third-order valence-electron chi connectivity index (χ3n) is 4.79. The van der Waals surface area contributed by atoms with Crippen LogP contribution in [0.15, 0.2) is 18.2 Å². The fourth-order valence-corrected chi connectivity index (χ4v) is 3.10. The quantitative estimate of drug-likeness (QED) is 0.899. The molecule has 1 aromatic rings. The first kappa shape index (κ1) is 15.4. The van der Waals surface area contributed by atoms with Crippen molar-refractivity contribution in [2.75, 3.05) is 13.1 Å². The third-order valence-corrected chi connectivity index (χ3v) is 4.79. The Labute approximate surface area is 120 Å². The van der Waals surface area contributed by atoms with Crippen molar-refractivity contribution in [3.63, 3.8) is 0 Å². The van der Waals surface area contributed by atoms with E-state index < -0.39 is 5.82 Å². The van der Waals surface area contributed by atoms with Gasteiger partial charge >= 0.3 is 0 Å². The van der Waals surface area contributed by atoms with E-state index in [0.717, 1.165) is 25.6 Å². The molecule has 1 fully saturated rings. The highest BCUT2D eigenvalue weighted by atomic mass is 19.1. The normalized spacial score (nSPS) is 20.9. The third kappa shape index (κ3) is 3.01. The predicted molar refractivity (Wildman–Crippen MR) is 77.5 cm³/mol. The molecule has 2 N–H and O–H groups in total. The lowest BCUT2D eigenvalue weighted by Gasteiger charge is -2.43. The van der Waals surface area contributed by atoms with Gasteiger partial charge in [0.1, 0.15) is 11.6 Å². The minimum atomic E-state index is -0.409. The Bertz CT molecular complexity index is 458. The second-order valence-electron chi connectivity index (χ2n) is 5.95. The standard InChI is InChI=1S/C16H24F2N2/c1-3-16(2,20-8-4-5-9-20)15(19)11-12-10-13(17)6-7-14(12)18/h6-7,10,15H,3-5,8-9,11,19H2,1-2H3. The van der Waals surface area contributed by atoms with Crippen molar-refractivity contribution in [1.29, 1.82) is 0 Å². The number of hydrogen-bond acceptors (Lipinski definition) is 2. The van der Waals surface area contributed by atoms with Gasteiger partial charge in [0.25, 0.3) is 0 Å². The van der Waals surface area contributed by atoms with Crippen molar-refractivity contribution in [2.45, 2.75) is 51.1 Å². The van der Waals surface area contributed by atoms with Crippen LogP contribution in [0.3, 0.4) is 0 Å². The van der Waals surface area contributed by atoms with Crippen molar-refractivity contribution < 1.29 is 8.78 Å². The summed E-state index contributed by atoms with van der Waals surface area (Å²) in [7, 11) is 0. The summed E-state index contributed by atoms with van der Waals surface area (Å²) in [4.78, 5) is 2.40. The molecule has 0 radical (unpaired) electrons. The summed E-state index contributed by atoms with van der Waals surface area (Å²) in [5.41, 5.74) is 6.58. The zero-order valence-electron chi connectivity index (χ0n) is 12.3. The smallest absolute Gasteiger partial charge is 0.126 e. The van der Waals surface area contributed by atoms with Gasteiger partial charge in [0.05, 0.1) is 0 Å². The van der Waals surface area contributed by atoms with E-state index in [1.54, 1.807) is 0 Å². The van der Waals surface area contributed by atoms with Crippen molar-refractivity contribution in [3.8, 4) is 0 Å². The fourth-order valence-electron chi connectivity index (χ4n) is 3.10. The van der Waals surface area contributed by atoms with Crippen LogP contribution in [0.5, 0.6) is 0 Å². The summed E-state index contributed by atoms with van der Waals surface area (Å²) >= 11 is 0. The molecule has 0 aromatic heterocycles. The van der Waals surface area contributed by atoms with Gasteiger partial charge in [-0.1, -0.05) is 6.92 Å². The van der Waals surface area contributed by atoms with Gasteiger partial charge < -0.3 is 5.73 Å². The SMILES string of the molecule is CCC(C)(C(N)Cc1cc(F)ccc1F)N1CCCC1. The highest BCUT2D eigenvalue weighted by Crippen LogP contribution is 2.29. The van der Waals surface area contributed by atoms with Crippen LogP contribution in [-0.2, 0) is 6.42 Å². The Morgan fingerprint density at radius 1 is 1.30 bits per heavy atom. The number of benzene rings is 1. The maximum Gasteiger partial charge on any atom is 0.126 e. The van der Waals surface area contributed by atoms with E-state index in [-0.39, 0.29) is 17.4 Å². The molecule has 0 spiro atoms. The van der Waals surface area contributed by atoms with Crippen LogP contribution in [0.1, 0.15) is 38.7 Å². The summed E-state index contributed by atoms with van der Waals surface area (Å²) in [5.74, 6) is -0.783. The first-order valence-corrected chi connectivity index (χ1v) is 7.42. The van der Waals surface area contributed by atoms with Crippen LogP contribution in [0.25, 0.3) is 0 Å². The maximum atomic E-state index is 13.8. The van der Waals surface area contributed by atoms with Crippen LogP contribution in [0.2, 0.25) is 0 Å². The molecule has 2 atom stereocenters. The molecule has 2 unspecified atom stereocenters. The van der Waals surface area contributed by atoms with Gasteiger partial charge in [-0.3, -0.25) is 4.90 Å². The number of nitrogens with two attached hydrogens (primary N) is 1. The summed E-state index contributed by atoms with van der Waals surface area (Å²) < 4.78 is 27.0. The Morgan fingerprint density at radius 3 is 2.55 bits per heavy atom. The number of rotatable bonds is 5. The molecule has 20 heavy (non-hydrogen) atoms. The Balaban J connectivity index is 2.16. The number of hydrogen-bond donors (Lipinski definition) is 1. The van der Waals surface area contributed by atoms with Crippen LogP contribution in [0.4, 0.5) is 8.78 Å². The average Bonchev–Trinajstić information content (AvgIpc) is 2.96. The Kier molecular flexibility index (Phi) is 4.76. The number of halogens is 2. The largest absolute Gasteiger partial charge is 0.326 e. The van der Waals surface area contributed by atoms with E-state index in [9.17, 15) is 8.78 Å². The Hall–Kier alpha value is -1.00. The average molecular weight is 282 g/mol. The fraction of sp³-hybridized carbons (Fsp3) is 0.625. The number of nitrogens with zero attached hydrogens (tertiary/aromatic N) is 1. The van der Waals surface area contributed by atoms with Crippen molar-refractivity contribution in [1.82, 2.24) is 4.90 Å². The van der Waals surface area contributed by atoms with Crippen LogP contribution < -0.4 is 5.73 Å². The molecule has 2 nitrogen and oxygen atoms in total. The first-order valence-electron chi connectivity index (χ1n) is 7.42. The minimum Gasteiger partial charge on any atom is -0.326 e. The molecule has 1 aliphatic heterocycles. The highest BCUT2D eigenvalue weighted by Gasteiger charge is 2.37. The lowest BCUT2D eigenvalue weighted by Crippen LogP contribution is -2.57. The summed E-state index contributed by atoms with van der Waals surface area (Å²) in [6.07, 6.45) is 3.66. The van der Waals surface area contributed by atoms with E-state index in [2.05, 4.69) is 18.7 Å². The molecule has 2 rings (SSSR count). The van der Waals surface area contributed by atoms with Gasteiger partial charge in [-0.05, 0) is 69.5 Å². The molecule has 112 valence electrons. The van der Waals surface area contributed by atoms with Crippen molar-refractivity contribution in [2.24, 2.45) is 5.73 Å². The Morgan fingerprint density at radius 2 is 1.95 bits per heavy atom. The van der Waals surface area contributed by atoms with Gasteiger partial charge in [0, 0.05) is 11.6 Å². The minimum absolute atomic E-state index is 0.157. The molecular formula is C16H24F2N2. The van der Waals surface area contributed by atoms with Gasteiger partial charge in [-0.15, -0.1) is 0 Å². The van der Waals surface area contributed by atoms with E-state index in [4.69, 9.17) is 5.73 Å². The van der Waals surface area contributed by atoms with E-state index >= 15 is 0 Å². The zero-order valence-corrected chi connectivity index (χ0v) is 12.3. The van der Waals surface area contributed by atoms with Crippen LogP contribution in [-0.4, -0.2) is 29.6 Å². The molecule has 4 heteroatoms. The monoisotopic (exact) mass is 282 g/mol. The molecule has 0 amide bonds. The van der Waals surface area contributed by atoms with Gasteiger partial charge in [0.2, 0.25) is 0 Å². The first-order chi connectivity index (χ1) is 9.47. The molecule has 0 saturated carbocycles. The maximum absolute atomic E-state index is 13.8. The van der Waals surface area contributed by atoms with Crippen molar-refractivity contribution >= 4 is 0 Å². The summed E-state index contributed by atoms with van der Waals surface area (Å²) in [6.45, 7) is 6.34. The van der Waals surface area contributed by atoms with Gasteiger partial charge in [0.15, 0.2) is 0 Å². The molecule has 1 saturated heterocycles. The topological polar surface area (TPSA) is 29.3 Å². The van der Waals surface area contributed by atoms with E-state index in [0.29, 0.717) is 12.0 Å². The van der Waals surface area contributed by atoms with Gasteiger partial charge in [-0.2, -0.15) is 0 Å². The predicted octanol–water partition coefficient (Wildman–Crippen LogP) is 3.10. The van der Waals surface area contributed by atoms with Crippen molar-refractivity contribution in [3.05, 3.63) is 35.4 Å². The molecule has 1 aromatic carbocycles. The molecule has 0 bridgehead atoms. The molecular weight excluding hydrogens is 258 g/mol. The van der Waals surface area contributed by atoms with E-state index in [1.807, 2.05) is 0 Å². The second-order valence-corrected chi connectivity index (χ2v) is 5.95. The molecule has 0 aliphatic carbocycles. The zero-order chi connectivity index (χ0) is 14.8. The highest BCUT2D eigenvalue weighted by molar-refractivity contribution is 5.21. The summed E-state index contributed by atoms with van der Waals surface area (Å²) in [6, 6.07) is 3.37. The lowest BCUT2D eigenvalue weighted by atomic mass is 9.84. The van der Waals surface area contributed by atoms with Crippen LogP contribution in [0, 0.1) is 11.6 Å². The van der Waals surface area contributed by atoms with Crippen LogP contribution >= 0.6 is 0 Å². The molecule has 1 heterocycles. The lowest BCUT2D eigenvalue weighted by molar-refractivity contribution is 0.0995. The van der Waals surface area contributed by atoms with Gasteiger partial charge in [-0.25, -0.2) is 8.78 Å². The molecule has 1 aliphatic rings. The number of likely N-dealkylation sites (tertiary alicyclic amines) is 1. The summed E-state index contributed by atoms with van der Waals surface area (Å²) in [5, 5.41) is 0. The second kappa shape index (κ2) is 6.19.